The molecular formula is C16H16O9. The SMILES string of the molecule is Cc1cc(=O)oc2cc(O[C@H]3O[C@H](C(=O)O)[C@H](O)[C@H](O)[C@H]3O)ccc12. The Morgan fingerprint density at radius 1 is 1.12 bits per heavy atom. The van der Waals surface area contributed by atoms with Crippen molar-refractivity contribution in [2.45, 2.75) is 37.6 Å². The fourth-order valence-electron chi connectivity index (χ4n) is 2.66. The van der Waals surface area contributed by atoms with E-state index in [2.05, 4.69) is 0 Å². The van der Waals surface area contributed by atoms with Crippen LogP contribution in [0, 0.1) is 6.92 Å². The van der Waals surface area contributed by atoms with Gasteiger partial charge in [-0.1, -0.05) is 0 Å². The highest BCUT2D eigenvalue weighted by Gasteiger charge is 2.48. The van der Waals surface area contributed by atoms with Gasteiger partial charge in [-0.15, -0.1) is 0 Å². The Balaban J connectivity index is 1.89. The van der Waals surface area contributed by atoms with Gasteiger partial charge in [0.2, 0.25) is 6.29 Å². The van der Waals surface area contributed by atoms with Crippen LogP contribution in [0.2, 0.25) is 0 Å². The van der Waals surface area contributed by atoms with Gasteiger partial charge in [0.15, 0.2) is 6.10 Å². The molecule has 0 unspecified atom stereocenters. The standard InChI is InChI=1S/C16H16O9/c1-6-4-10(17)24-9-5-7(2-3-8(6)9)23-16-13(20)11(18)12(19)14(25-16)15(21)22/h2-5,11-14,16,18-20H,1H3,(H,21,22)/t11-,12+,13+,14-,16-/m0/s1. The number of rotatable bonds is 3. The first-order valence-corrected chi connectivity index (χ1v) is 7.41. The minimum Gasteiger partial charge on any atom is -0.479 e. The van der Waals surface area contributed by atoms with Crippen LogP contribution in [0.15, 0.2) is 33.5 Å². The van der Waals surface area contributed by atoms with E-state index in [1.54, 1.807) is 13.0 Å². The van der Waals surface area contributed by atoms with Gasteiger partial charge in [0.1, 0.15) is 29.6 Å². The van der Waals surface area contributed by atoms with Gasteiger partial charge in [0.05, 0.1) is 0 Å². The quantitative estimate of drug-likeness (QED) is 0.530. The Morgan fingerprint density at radius 2 is 1.84 bits per heavy atom. The molecule has 1 aliphatic heterocycles. The average molecular weight is 352 g/mol. The summed E-state index contributed by atoms with van der Waals surface area (Å²) in [5.74, 6) is -1.38. The highest BCUT2D eigenvalue weighted by Crippen LogP contribution is 2.27. The highest BCUT2D eigenvalue weighted by atomic mass is 16.7. The number of benzene rings is 1. The summed E-state index contributed by atoms with van der Waals surface area (Å²) in [7, 11) is 0. The van der Waals surface area contributed by atoms with Gasteiger partial charge in [-0.3, -0.25) is 0 Å². The number of fused-ring (bicyclic) bond motifs is 1. The van der Waals surface area contributed by atoms with Crippen molar-refractivity contribution in [1.29, 1.82) is 0 Å². The van der Waals surface area contributed by atoms with Crippen LogP contribution in [-0.2, 0) is 9.53 Å². The van der Waals surface area contributed by atoms with Gasteiger partial charge >= 0.3 is 11.6 Å². The van der Waals surface area contributed by atoms with E-state index >= 15 is 0 Å². The van der Waals surface area contributed by atoms with Gasteiger partial charge in [0, 0.05) is 17.5 Å². The van der Waals surface area contributed by atoms with Crippen LogP contribution in [0.4, 0.5) is 0 Å². The topological polar surface area (TPSA) is 147 Å². The number of hydrogen-bond acceptors (Lipinski definition) is 8. The summed E-state index contributed by atoms with van der Waals surface area (Å²) >= 11 is 0. The summed E-state index contributed by atoms with van der Waals surface area (Å²) in [6.45, 7) is 1.74. The molecule has 5 atom stereocenters. The number of aliphatic hydroxyl groups is 3. The van der Waals surface area contributed by atoms with Crippen molar-refractivity contribution in [2.24, 2.45) is 0 Å². The Morgan fingerprint density at radius 3 is 2.52 bits per heavy atom. The first-order chi connectivity index (χ1) is 11.8. The van der Waals surface area contributed by atoms with E-state index in [-0.39, 0.29) is 11.3 Å². The number of ether oxygens (including phenoxy) is 2. The molecular weight excluding hydrogens is 336 g/mol. The fraction of sp³-hybridized carbons (Fsp3) is 0.375. The van der Waals surface area contributed by atoms with E-state index in [0.717, 1.165) is 0 Å². The predicted octanol–water partition coefficient (Wildman–Crippen LogP) is -0.628. The van der Waals surface area contributed by atoms with Crippen LogP contribution in [0.3, 0.4) is 0 Å². The van der Waals surface area contributed by atoms with Crippen molar-refractivity contribution in [1.82, 2.24) is 0 Å². The molecule has 1 aromatic heterocycles. The van der Waals surface area contributed by atoms with Gasteiger partial charge in [-0.05, 0) is 24.6 Å². The second-order valence-electron chi connectivity index (χ2n) is 5.76. The monoisotopic (exact) mass is 352 g/mol. The average Bonchev–Trinajstić information content (AvgIpc) is 2.54. The molecule has 3 rings (SSSR count). The normalized spacial score (nSPS) is 29.5. The van der Waals surface area contributed by atoms with Crippen LogP contribution >= 0.6 is 0 Å². The maximum atomic E-state index is 11.5. The minimum absolute atomic E-state index is 0.123. The summed E-state index contributed by atoms with van der Waals surface area (Å²) in [5, 5.41) is 39.1. The molecule has 9 heteroatoms. The van der Waals surface area contributed by atoms with E-state index < -0.39 is 42.3 Å². The van der Waals surface area contributed by atoms with Gasteiger partial charge < -0.3 is 34.3 Å². The molecule has 1 aliphatic rings. The van der Waals surface area contributed by atoms with E-state index in [1.807, 2.05) is 0 Å². The first-order valence-electron chi connectivity index (χ1n) is 7.41. The van der Waals surface area contributed by atoms with Crippen molar-refractivity contribution < 1.29 is 39.1 Å². The lowest BCUT2D eigenvalue weighted by molar-refractivity contribution is -0.271. The van der Waals surface area contributed by atoms with Gasteiger partial charge in [-0.25, -0.2) is 9.59 Å². The Kier molecular flexibility index (Phi) is 4.48. The third kappa shape index (κ3) is 3.22. The van der Waals surface area contributed by atoms with Crippen molar-refractivity contribution in [3.05, 3.63) is 40.2 Å². The van der Waals surface area contributed by atoms with Crippen LogP contribution in [0.5, 0.6) is 5.75 Å². The summed E-state index contributed by atoms with van der Waals surface area (Å²) < 4.78 is 15.5. The molecule has 1 aromatic carbocycles. The second kappa shape index (κ2) is 6.45. The zero-order chi connectivity index (χ0) is 18.3. The number of carboxylic acids is 1. The molecule has 0 saturated carbocycles. The van der Waals surface area contributed by atoms with E-state index in [9.17, 15) is 24.9 Å². The summed E-state index contributed by atoms with van der Waals surface area (Å²) in [4.78, 5) is 22.5. The Hall–Kier alpha value is -2.46. The minimum atomic E-state index is -1.80. The van der Waals surface area contributed by atoms with Crippen molar-refractivity contribution >= 4 is 16.9 Å². The van der Waals surface area contributed by atoms with Gasteiger partial charge in [0.25, 0.3) is 0 Å². The van der Waals surface area contributed by atoms with Crippen molar-refractivity contribution in [3.8, 4) is 5.75 Å². The molecule has 9 nitrogen and oxygen atoms in total. The van der Waals surface area contributed by atoms with Crippen molar-refractivity contribution in [3.63, 3.8) is 0 Å². The van der Waals surface area contributed by atoms with Crippen molar-refractivity contribution in [2.75, 3.05) is 0 Å². The van der Waals surface area contributed by atoms with Crippen LogP contribution in [-0.4, -0.2) is 57.1 Å². The number of aryl methyl sites for hydroxylation is 1. The smallest absolute Gasteiger partial charge is 0.336 e. The Bertz CT molecular complexity index is 858. The maximum Gasteiger partial charge on any atom is 0.336 e. The molecule has 0 spiro atoms. The molecule has 2 aromatic rings. The molecule has 1 fully saturated rings. The van der Waals surface area contributed by atoms with Crippen LogP contribution in [0.25, 0.3) is 11.0 Å². The number of carbonyl (C=O) groups is 1. The molecule has 4 N–H and O–H groups in total. The number of hydrogen-bond donors (Lipinski definition) is 4. The summed E-state index contributed by atoms with van der Waals surface area (Å²) in [6.07, 6.45) is -8.53. The first kappa shape index (κ1) is 17.4. The van der Waals surface area contributed by atoms with Gasteiger partial charge in [-0.2, -0.15) is 0 Å². The maximum absolute atomic E-state index is 11.5. The third-order valence-corrected chi connectivity index (χ3v) is 3.99. The Labute approximate surface area is 140 Å². The number of carboxylic acid groups (broad SMARTS) is 1. The largest absolute Gasteiger partial charge is 0.479 e. The zero-order valence-corrected chi connectivity index (χ0v) is 13.0. The number of aliphatic hydroxyl groups excluding tert-OH is 3. The van der Waals surface area contributed by atoms with Crippen LogP contribution < -0.4 is 10.4 Å². The predicted molar refractivity (Wildman–Crippen MR) is 82.2 cm³/mol. The number of aliphatic carboxylic acids is 1. The lowest BCUT2D eigenvalue weighted by atomic mass is 9.99. The van der Waals surface area contributed by atoms with Crippen LogP contribution in [0.1, 0.15) is 5.56 Å². The molecule has 0 radical (unpaired) electrons. The lowest BCUT2D eigenvalue weighted by Crippen LogP contribution is -2.61. The van der Waals surface area contributed by atoms with E-state index in [0.29, 0.717) is 10.9 Å². The zero-order valence-electron chi connectivity index (χ0n) is 13.0. The summed E-state index contributed by atoms with van der Waals surface area (Å²) in [5.41, 5.74) is 0.403. The molecule has 0 bridgehead atoms. The molecule has 25 heavy (non-hydrogen) atoms. The van der Waals surface area contributed by atoms with E-state index in [4.69, 9.17) is 19.0 Å². The molecule has 1 saturated heterocycles. The molecule has 2 heterocycles. The molecule has 134 valence electrons. The molecule has 0 amide bonds. The summed E-state index contributed by atoms with van der Waals surface area (Å²) in [6, 6.07) is 5.86. The fourth-order valence-corrected chi connectivity index (χ4v) is 2.66. The third-order valence-electron chi connectivity index (χ3n) is 3.99. The highest BCUT2D eigenvalue weighted by molar-refractivity contribution is 5.81. The lowest BCUT2D eigenvalue weighted by Gasteiger charge is -2.38. The van der Waals surface area contributed by atoms with E-state index in [1.165, 1.54) is 18.2 Å². The molecule has 0 aliphatic carbocycles. The second-order valence-corrected chi connectivity index (χ2v) is 5.76.